The first-order valence-corrected chi connectivity index (χ1v) is 6.49. The Bertz CT molecular complexity index is 830. The molecule has 0 aliphatic heterocycles. The van der Waals surface area contributed by atoms with Gasteiger partial charge in [0.2, 0.25) is 0 Å². The minimum absolute atomic E-state index is 0.358. The van der Waals surface area contributed by atoms with E-state index >= 15 is 0 Å². The normalized spacial score (nSPS) is 10.5. The van der Waals surface area contributed by atoms with Crippen LogP contribution in [0.15, 0.2) is 60.7 Å². The molecule has 0 aromatic heterocycles. The second-order valence-corrected chi connectivity index (χ2v) is 4.75. The lowest BCUT2D eigenvalue weighted by Crippen LogP contribution is -2.14. The van der Waals surface area contributed by atoms with Crippen LogP contribution in [-0.4, -0.2) is 5.91 Å². The highest BCUT2D eigenvalue weighted by atomic mass is 19.1. The number of carbonyl (C=O) groups excluding carboxylic acids is 1. The second-order valence-electron chi connectivity index (χ2n) is 4.75. The van der Waals surface area contributed by atoms with E-state index in [-0.39, 0.29) is 5.91 Å². The van der Waals surface area contributed by atoms with Gasteiger partial charge >= 0.3 is 0 Å². The van der Waals surface area contributed by atoms with Gasteiger partial charge in [0.05, 0.1) is 5.56 Å². The van der Waals surface area contributed by atoms with Crippen LogP contribution in [0.2, 0.25) is 0 Å². The number of nitrogen functional groups attached to an aromatic ring is 1. The molecule has 21 heavy (non-hydrogen) atoms. The molecule has 0 aliphatic carbocycles. The van der Waals surface area contributed by atoms with Crippen LogP contribution in [0.5, 0.6) is 0 Å². The number of amides is 1. The Labute approximate surface area is 121 Å². The van der Waals surface area contributed by atoms with Crippen LogP contribution in [0, 0.1) is 5.82 Å². The molecule has 3 aromatic rings. The fourth-order valence-electron chi connectivity index (χ4n) is 2.22. The molecule has 0 spiro atoms. The number of hydrogen-bond acceptors (Lipinski definition) is 2. The van der Waals surface area contributed by atoms with Gasteiger partial charge in [-0.2, -0.15) is 0 Å². The summed E-state index contributed by atoms with van der Waals surface area (Å²) in [5.41, 5.74) is 7.10. The zero-order valence-electron chi connectivity index (χ0n) is 11.1. The van der Waals surface area contributed by atoms with Crippen molar-refractivity contribution >= 4 is 28.1 Å². The first-order chi connectivity index (χ1) is 10.1. The highest BCUT2D eigenvalue weighted by Crippen LogP contribution is 2.23. The molecule has 0 saturated carbocycles. The van der Waals surface area contributed by atoms with Gasteiger partial charge in [-0.05, 0) is 41.1 Å². The standard InChI is InChI=1S/C17H13FN2O/c18-13-6-3-7-14(10-13)20-17(21)15-8-11-4-1-2-5-12(11)9-16(15)19/h1-10H,19H2,(H,20,21). The van der Waals surface area contributed by atoms with Crippen molar-refractivity contribution in [1.29, 1.82) is 0 Å². The van der Waals surface area contributed by atoms with E-state index in [1.807, 2.05) is 24.3 Å². The molecular weight excluding hydrogens is 267 g/mol. The van der Waals surface area contributed by atoms with Crippen LogP contribution in [0.4, 0.5) is 15.8 Å². The molecule has 0 fully saturated rings. The molecule has 0 unspecified atom stereocenters. The Balaban J connectivity index is 1.96. The SMILES string of the molecule is Nc1cc2ccccc2cc1C(=O)Nc1cccc(F)c1. The van der Waals surface area contributed by atoms with Crippen molar-refractivity contribution in [1.82, 2.24) is 0 Å². The highest BCUT2D eigenvalue weighted by molar-refractivity contribution is 6.10. The van der Waals surface area contributed by atoms with Gasteiger partial charge in [-0.3, -0.25) is 4.79 Å². The zero-order valence-corrected chi connectivity index (χ0v) is 11.1. The average Bonchev–Trinajstić information content (AvgIpc) is 2.46. The fraction of sp³-hybridized carbons (Fsp3) is 0. The Morgan fingerprint density at radius 3 is 2.38 bits per heavy atom. The Morgan fingerprint density at radius 1 is 0.952 bits per heavy atom. The molecule has 0 saturated heterocycles. The van der Waals surface area contributed by atoms with E-state index in [2.05, 4.69) is 5.32 Å². The summed E-state index contributed by atoms with van der Waals surface area (Å²) in [4.78, 5) is 12.3. The van der Waals surface area contributed by atoms with E-state index in [4.69, 9.17) is 5.73 Å². The molecule has 0 atom stereocenters. The van der Waals surface area contributed by atoms with Gasteiger partial charge in [-0.15, -0.1) is 0 Å². The quantitative estimate of drug-likeness (QED) is 0.701. The van der Waals surface area contributed by atoms with Crippen molar-refractivity contribution < 1.29 is 9.18 Å². The monoisotopic (exact) mass is 280 g/mol. The molecule has 104 valence electrons. The third-order valence-electron chi connectivity index (χ3n) is 3.24. The van der Waals surface area contributed by atoms with Gasteiger partial charge in [0.25, 0.3) is 5.91 Å². The van der Waals surface area contributed by atoms with Crippen LogP contribution in [0.3, 0.4) is 0 Å². The van der Waals surface area contributed by atoms with Gasteiger partial charge < -0.3 is 11.1 Å². The lowest BCUT2D eigenvalue weighted by Gasteiger charge is -2.09. The van der Waals surface area contributed by atoms with Gasteiger partial charge in [0.15, 0.2) is 0 Å². The summed E-state index contributed by atoms with van der Waals surface area (Å²) in [5, 5.41) is 4.54. The number of benzene rings is 3. The predicted molar refractivity (Wildman–Crippen MR) is 82.7 cm³/mol. The topological polar surface area (TPSA) is 55.1 Å². The third kappa shape index (κ3) is 2.69. The van der Waals surface area contributed by atoms with Crippen LogP contribution < -0.4 is 11.1 Å². The van der Waals surface area contributed by atoms with Gasteiger partial charge in [-0.25, -0.2) is 4.39 Å². The first-order valence-electron chi connectivity index (χ1n) is 6.49. The van der Waals surface area contributed by atoms with Crippen molar-refractivity contribution in [2.75, 3.05) is 11.1 Å². The summed E-state index contributed by atoms with van der Waals surface area (Å²) in [5.74, 6) is -0.761. The van der Waals surface area contributed by atoms with Crippen molar-refractivity contribution in [3.63, 3.8) is 0 Å². The second kappa shape index (κ2) is 5.25. The molecule has 3 rings (SSSR count). The lowest BCUT2D eigenvalue weighted by molar-refractivity contribution is 0.102. The number of rotatable bonds is 2. The highest BCUT2D eigenvalue weighted by Gasteiger charge is 2.11. The first kappa shape index (κ1) is 13.1. The Morgan fingerprint density at radius 2 is 1.67 bits per heavy atom. The summed E-state index contributed by atoms with van der Waals surface area (Å²) in [7, 11) is 0. The Kier molecular flexibility index (Phi) is 3.28. The number of carbonyl (C=O) groups is 1. The average molecular weight is 280 g/mol. The minimum Gasteiger partial charge on any atom is -0.398 e. The minimum atomic E-state index is -0.403. The van der Waals surface area contributed by atoms with Gasteiger partial charge in [-0.1, -0.05) is 30.3 Å². The summed E-state index contributed by atoms with van der Waals surface area (Å²) in [6, 6.07) is 16.9. The third-order valence-corrected chi connectivity index (χ3v) is 3.24. The van der Waals surface area contributed by atoms with E-state index in [9.17, 15) is 9.18 Å². The molecule has 0 heterocycles. The molecule has 3 N–H and O–H groups in total. The van der Waals surface area contributed by atoms with Crippen molar-refractivity contribution in [2.45, 2.75) is 0 Å². The molecule has 0 aliphatic rings. The van der Waals surface area contributed by atoms with Gasteiger partial charge in [0, 0.05) is 11.4 Å². The van der Waals surface area contributed by atoms with Crippen LogP contribution in [-0.2, 0) is 0 Å². The lowest BCUT2D eigenvalue weighted by atomic mass is 10.0. The Hall–Kier alpha value is -2.88. The number of anilines is 2. The van der Waals surface area contributed by atoms with Crippen LogP contribution in [0.1, 0.15) is 10.4 Å². The van der Waals surface area contributed by atoms with Crippen LogP contribution in [0.25, 0.3) is 10.8 Å². The fourth-order valence-corrected chi connectivity index (χ4v) is 2.22. The summed E-state index contributed by atoms with van der Waals surface area (Å²) in [6.07, 6.45) is 0. The summed E-state index contributed by atoms with van der Waals surface area (Å²) in [6.45, 7) is 0. The van der Waals surface area contributed by atoms with Crippen LogP contribution >= 0.6 is 0 Å². The van der Waals surface area contributed by atoms with E-state index in [0.29, 0.717) is 16.9 Å². The molecule has 0 radical (unpaired) electrons. The van der Waals surface area contributed by atoms with E-state index in [1.54, 1.807) is 18.2 Å². The molecular formula is C17H13FN2O. The number of halogens is 1. The molecule has 0 bridgehead atoms. The van der Waals surface area contributed by atoms with E-state index in [0.717, 1.165) is 10.8 Å². The number of nitrogens with two attached hydrogens (primary N) is 1. The molecule has 1 amide bonds. The molecule has 4 heteroatoms. The summed E-state index contributed by atoms with van der Waals surface area (Å²) < 4.78 is 13.1. The molecule has 3 aromatic carbocycles. The number of fused-ring (bicyclic) bond motifs is 1. The van der Waals surface area contributed by atoms with Crippen molar-refractivity contribution in [3.05, 3.63) is 72.0 Å². The van der Waals surface area contributed by atoms with Crippen molar-refractivity contribution in [2.24, 2.45) is 0 Å². The van der Waals surface area contributed by atoms with E-state index < -0.39 is 5.82 Å². The number of hydrogen-bond donors (Lipinski definition) is 2. The van der Waals surface area contributed by atoms with E-state index in [1.165, 1.54) is 18.2 Å². The molecule has 3 nitrogen and oxygen atoms in total. The smallest absolute Gasteiger partial charge is 0.257 e. The zero-order chi connectivity index (χ0) is 14.8. The largest absolute Gasteiger partial charge is 0.398 e. The van der Waals surface area contributed by atoms with Crippen molar-refractivity contribution in [3.8, 4) is 0 Å². The maximum absolute atomic E-state index is 13.1. The maximum atomic E-state index is 13.1. The van der Waals surface area contributed by atoms with Gasteiger partial charge in [0.1, 0.15) is 5.82 Å². The maximum Gasteiger partial charge on any atom is 0.257 e. The predicted octanol–water partition coefficient (Wildman–Crippen LogP) is 3.81. The number of nitrogens with one attached hydrogen (secondary N) is 1. The summed E-state index contributed by atoms with van der Waals surface area (Å²) >= 11 is 0.